The number of hydrogen-bond donors (Lipinski definition) is 2. The van der Waals surface area contributed by atoms with Gasteiger partial charge in [-0.3, -0.25) is 15.0 Å². The summed E-state index contributed by atoms with van der Waals surface area (Å²) in [5.41, 5.74) is 20.0. The van der Waals surface area contributed by atoms with Gasteiger partial charge in [-0.05, 0) is 189 Å². The molecule has 0 unspecified atom stereocenters. The second-order valence-electron chi connectivity index (χ2n) is 44.9. The Kier molecular flexibility index (Phi) is 40.3. The lowest BCUT2D eigenvalue weighted by Gasteiger charge is -2.23. The normalized spacial score (nSPS) is 12.1. The lowest BCUT2D eigenvalue weighted by atomic mass is 9.87. The van der Waals surface area contributed by atoms with Crippen LogP contribution in [0.2, 0.25) is 0 Å². The topological polar surface area (TPSA) is 185 Å². The number of aromatic nitrogens is 9. The zero-order valence-corrected chi connectivity index (χ0v) is 94.2. The number of furan rings is 1. The molecule has 0 aliphatic carbocycles. The molecule has 2 aliphatic heterocycles. The zero-order valence-electron chi connectivity index (χ0n) is 92.6. The first kappa shape index (κ1) is 114. The van der Waals surface area contributed by atoms with E-state index >= 15 is 0 Å². The van der Waals surface area contributed by atoms with Crippen LogP contribution in [-0.2, 0) is 32.5 Å². The highest BCUT2D eigenvalue weighted by atomic mass is 32.1. The Hall–Kier alpha value is -13.6. The second kappa shape index (κ2) is 52.1. The third-order valence-electron chi connectivity index (χ3n) is 24.1. The van der Waals surface area contributed by atoms with Crippen LogP contribution in [-0.4, -0.2) is 64.9 Å². The van der Waals surface area contributed by atoms with Crippen LogP contribution in [0, 0.1) is 0 Å². The zero-order chi connectivity index (χ0) is 107. The highest BCUT2D eigenvalue weighted by Gasteiger charge is 2.24. The van der Waals surface area contributed by atoms with Crippen LogP contribution in [0.15, 0.2) is 331 Å². The minimum Gasteiger partial charge on any atom is -0.486 e. The summed E-state index contributed by atoms with van der Waals surface area (Å²) in [4.78, 5) is 39.4. The number of rotatable bonds is 6. The summed E-state index contributed by atoms with van der Waals surface area (Å²) in [5, 5.41) is 6.32. The fraction of sp³-hybridized carbons (Fsp3) is 0.346. The molecule has 0 bridgehead atoms. The van der Waals surface area contributed by atoms with Crippen LogP contribution in [0.4, 0.5) is 0 Å². The molecule has 0 saturated carbocycles. The van der Waals surface area contributed by atoms with E-state index in [1.165, 1.54) is 68.7 Å². The Morgan fingerprint density at radius 1 is 0.279 bits per heavy atom. The predicted octanol–water partition coefficient (Wildman–Crippen LogP) is 37.2. The van der Waals surface area contributed by atoms with Crippen molar-refractivity contribution in [3.63, 3.8) is 0 Å². The number of benzene rings is 11. The molecule has 0 saturated heterocycles. The standard InChI is InChI=1S/C13H15N.C12H14N2.C12H16O2.C11H13N.C11H14O2.C11H12O.C11H12S.C10H12N2.C10H11NO.C10H11NS.C10H14.C9H13N/c1-13(2,3)12-9-8-10-6-4-5-7-11(10)14-12;1-12(2,3)11-8-13-9-6-4-5-7-10(9)14-11;1-12(2,3)9-4-5-10-11(8-9)14-7-6-13-10;1-8(2)11-7-9-5-3-4-6-10(9)12-11;1-11(2,3)8-4-5-9-10(6-8)13-7-12-9;2*1-8(2)11-7-9-5-3-4-6-10(9)12-11;3*1-7(2)10-11-8-5-3-4-6-9(8)12-10;1-10(2,3)9-7-5-4-6-8-9;1-9(2,3)8-6-4-5-7-10-8/h4-9H,1-3H3;4-8H,1-3H3;4-5,8H,6-7H2,1-3H3;3-8,12H,1-2H3;4-6H,7H2,1-3H3;2*3-8H,1-2H3;3-7H,1-2H3,(H,11,12);2*3-7H,1-2H3;4-8H,1-3H3;4-7H,1-3H3. The molecule has 0 radical (unpaired) electrons. The molecule has 2 N–H and O–H groups in total. The van der Waals surface area contributed by atoms with E-state index in [0.717, 1.165) is 107 Å². The monoisotopic (exact) mass is 2000 g/mol. The lowest BCUT2D eigenvalue weighted by Crippen LogP contribution is -2.17. The van der Waals surface area contributed by atoms with E-state index in [4.69, 9.17) is 27.8 Å². The fourth-order valence-electron chi connectivity index (χ4n) is 14.9. The summed E-state index contributed by atoms with van der Waals surface area (Å²) in [6.45, 7) is 66.9. The minimum atomic E-state index is 0.0665. The van der Waals surface area contributed by atoms with Gasteiger partial charge in [-0.25, -0.2) is 19.9 Å². The largest absolute Gasteiger partial charge is 0.486 e. The molecule has 22 rings (SSSR count). The molecule has 15 nitrogen and oxygen atoms in total. The van der Waals surface area contributed by atoms with E-state index < -0.39 is 0 Å². The van der Waals surface area contributed by atoms with Crippen molar-refractivity contribution >= 4 is 109 Å². The van der Waals surface area contributed by atoms with Gasteiger partial charge in [0.15, 0.2) is 34.5 Å². The maximum Gasteiger partial charge on any atom is 0.231 e. The first-order valence-corrected chi connectivity index (χ1v) is 53.3. The Morgan fingerprint density at radius 2 is 0.776 bits per heavy atom. The molecule has 11 aromatic carbocycles. The molecule has 0 atom stereocenters. The average Bonchev–Trinajstić information content (AvgIpc) is 1.01. The van der Waals surface area contributed by atoms with Gasteiger partial charge in [0, 0.05) is 95.3 Å². The molecule has 2 aliphatic rings. The van der Waals surface area contributed by atoms with Crippen molar-refractivity contribution < 1.29 is 27.8 Å². The molecule has 147 heavy (non-hydrogen) atoms. The van der Waals surface area contributed by atoms with Gasteiger partial charge >= 0.3 is 0 Å². The summed E-state index contributed by atoms with van der Waals surface area (Å²) in [6, 6.07) is 105. The molecule has 11 heterocycles. The van der Waals surface area contributed by atoms with Gasteiger partial charge in [-0.1, -0.05) is 384 Å². The van der Waals surface area contributed by atoms with Crippen molar-refractivity contribution in [3.05, 3.63) is 389 Å². The van der Waals surface area contributed by atoms with Gasteiger partial charge in [0.1, 0.15) is 35.9 Å². The highest BCUT2D eigenvalue weighted by Crippen LogP contribution is 2.39. The van der Waals surface area contributed by atoms with Gasteiger partial charge in [-0.15, -0.1) is 22.7 Å². The van der Waals surface area contributed by atoms with Crippen LogP contribution >= 0.6 is 22.7 Å². The number of ether oxygens (including phenoxy) is 4. The average molecular weight is 2010 g/mol. The van der Waals surface area contributed by atoms with E-state index in [9.17, 15) is 0 Å². The number of hydrogen-bond acceptors (Lipinski definition) is 15. The fourth-order valence-corrected chi connectivity index (χ4v) is 17.0. The molecule has 0 spiro atoms. The third kappa shape index (κ3) is 34.5. The Labute approximate surface area is 882 Å². The predicted molar refractivity (Wildman–Crippen MR) is 625 cm³/mol. The van der Waals surface area contributed by atoms with E-state index in [1.807, 2.05) is 157 Å². The van der Waals surface area contributed by atoms with Gasteiger partial charge in [0.05, 0.1) is 48.5 Å². The Bertz CT molecular complexity index is 6500. The van der Waals surface area contributed by atoms with Crippen molar-refractivity contribution in [2.45, 2.75) is 276 Å². The number of nitrogens with one attached hydrogen (secondary N) is 2. The Morgan fingerprint density at radius 3 is 1.30 bits per heavy atom. The first-order valence-electron chi connectivity index (χ1n) is 51.7. The van der Waals surface area contributed by atoms with Crippen LogP contribution in [0.3, 0.4) is 0 Å². The van der Waals surface area contributed by atoms with E-state index in [-0.39, 0.29) is 27.1 Å². The summed E-state index contributed by atoms with van der Waals surface area (Å²) in [6.07, 6.45) is 3.70. The number of H-pyrrole nitrogens is 2. The molecule has 17 heteroatoms. The SMILES string of the molecule is CC(C)(C)c1ccc2c(c1)OCCO2.CC(C)(C)c1ccc2c(c1)OCO2.CC(C)(C)c1ccc2ccccc2n1.CC(C)(C)c1ccccc1.CC(C)(C)c1ccccn1.CC(C)(C)c1cnc2ccccc2n1.CC(C)c1cc2ccccc2[nH]1.CC(C)c1cc2ccccc2o1.CC(C)c1cc2ccccc2s1.CC(C)c1nc2ccccc2[nH]1.CC(C)c1nc2ccccc2o1.CC(C)c1nc2ccccc2s1. The highest BCUT2D eigenvalue weighted by molar-refractivity contribution is 7.19. The Balaban J connectivity index is 0.000000153. The van der Waals surface area contributed by atoms with Crippen molar-refractivity contribution in [2.75, 3.05) is 20.0 Å². The maximum atomic E-state index is 5.63. The molecule has 9 aromatic heterocycles. The van der Waals surface area contributed by atoms with E-state index in [0.29, 0.717) is 60.9 Å². The van der Waals surface area contributed by atoms with Crippen LogP contribution in [0.25, 0.3) is 86.2 Å². The first-order chi connectivity index (χ1) is 69.6. The van der Waals surface area contributed by atoms with Crippen molar-refractivity contribution in [3.8, 4) is 23.0 Å². The van der Waals surface area contributed by atoms with Crippen LogP contribution in [0.1, 0.15) is 310 Å². The van der Waals surface area contributed by atoms with Crippen molar-refractivity contribution in [1.82, 2.24) is 44.9 Å². The maximum absolute atomic E-state index is 5.63. The number of thiazole rings is 1. The summed E-state index contributed by atoms with van der Waals surface area (Å²) >= 11 is 3.70. The summed E-state index contributed by atoms with van der Waals surface area (Å²) < 4.78 is 35.4. The van der Waals surface area contributed by atoms with Gasteiger partial charge in [-0.2, -0.15) is 0 Å². The second-order valence-corrected chi connectivity index (χ2v) is 47.1. The van der Waals surface area contributed by atoms with Gasteiger partial charge in [0.25, 0.3) is 0 Å². The van der Waals surface area contributed by atoms with Gasteiger partial charge in [0.2, 0.25) is 6.79 Å². The number of aromatic amines is 2. The van der Waals surface area contributed by atoms with Crippen molar-refractivity contribution in [1.29, 1.82) is 0 Å². The van der Waals surface area contributed by atoms with Crippen LogP contribution in [0.5, 0.6) is 23.0 Å². The number of nitrogens with zero attached hydrogens (tertiary/aromatic N) is 7. The molecular formula is C130H157N9O6S2. The van der Waals surface area contributed by atoms with Crippen molar-refractivity contribution in [2.24, 2.45) is 0 Å². The summed E-state index contributed by atoms with van der Waals surface area (Å²) in [7, 11) is 0. The van der Waals surface area contributed by atoms with Gasteiger partial charge < -0.3 is 37.7 Å². The van der Waals surface area contributed by atoms with Crippen LogP contribution < -0.4 is 18.9 Å². The quantitative estimate of drug-likeness (QED) is 0.160. The number of para-hydroxylation sites is 10. The smallest absolute Gasteiger partial charge is 0.231 e. The van der Waals surface area contributed by atoms with E-state index in [1.54, 1.807) is 11.3 Å². The number of pyridine rings is 2. The number of fused-ring (bicyclic) bond motifs is 10. The molecular weight excluding hydrogens is 1850 g/mol. The minimum absolute atomic E-state index is 0.0665. The molecule has 20 aromatic rings. The number of thiophene rings is 1. The molecule has 0 amide bonds. The number of imidazole rings is 1. The lowest BCUT2D eigenvalue weighted by molar-refractivity contribution is 0.171. The summed E-state index contributed by atoms with van der Waals surface area (Å²) in [5.74, 6) is 9.49. The molecule has 0 fully saturated rings. The van der Waals surface area contributed by atoms with E-state index in [2.05, 4.69) is 428 Å². The molecule has 770 valence electrons. The number of oxazole rings is 1. The third-order valence-corrected chi connectivity index (χ3v) is 26.8.